The molecular formula is C15H18N2O4. The van der Waals surface area contributed by atoms with Crippen LogP contribution in [-0.4, -0.2) is 52.3 Å². The van der Waals surface area contributed by atoms with Crippen molar-refractivity contribution < 1.29 is 15.0 Å². The van der Waals surface area contributed by atoms with Crippen molar-refractivity contribution in [2.45, 2.75) is 6.92 Å². The molecule has 0 bridgehead atoms. The number of hydrogen-bond donors (Lipinski definition) is 3. The Morgan fingerprint density at radius 3 is 2.52 bits per heavy atom. The minimum absolute atomic E-state index is 0.131. The third-order valence-corrected chi connectivity index (χ3v) is 3.26. The molecule has 1 amide bonds. The molecule has 6 heteroatoms. The molecule has 1 aromatic heterocycles. The number of aromatic nitrogens is 1. The highest BCUT2D eigenvalue weighted by atomic mass is 16.3. The predicted molar refractivity (Wildman–Crippen MR) is 79.4 cm³/mol. The Balaban J connectivity index is 2.55. The lowest BCUT2D eigenvalue weighted by Gasteiger charge is -2.21. The van der Waals surface area contributed by atoms with Crippen molar-refractivity contribution >= 4 is 16.8 Å². The van der Waals surface area contributed by atoms with Gasteiger partial charge in [0, 0.05) is 30.2 Å². The zero-order chi connectivity index (χ0) is 15.4. The van der Waals surface area contributed by atoms with Gasteiger partial charge in [-0.25, -0.2) is 0 Å². The third kappa shape index (κ3) is 3.12. The van der Waals surface area contributed by atoms with Crippen molar-refractivity contribution in [3.05, 3.63) is 45.7 Å². The first-order valence-corrected chi connectivity index (χ1v) is 6.72. The summed E-state index contributed by atoms with van der Waals surface area (Å²) in [6, 6.07) is 6.42. The van der Waals surface area contributed by atoms with Crippen molar-refractivity contribution in [2.24, 2.45) is 0 Å². The molecule has 6 nitrogen and oxygen atoms in total. The fourth-order valence-corrected chi connectivity index (χ4v) is 2.30. The van der Waals surface area contributed by atoms with Crippen LogP contribution >= 0.6 is 0 Å². The lowest BCUT2D eigenvalue weighted by molar-refractivity contribution is 0.0686. The van der Waals surface area contributed by atoms with Crippen LogP contribution in [0.1, 0.15) is 16.1 Å². The number of H-pyrrole nitrogens is 1. The summed E-state index contributed by atoms with van der Waals surface area (Å²) in [6.45, 7) is 1.64. The first-order chi connectivity index (χ1) is 10.1. The summed E-state index contributed by atoms with van der Waals surface area (Å²) in [5, 5.41) is 18.5. The maximum atomic E-state index is 12.5. The Hall–Kier alpha value is -2.18. The molecule has 2 aromatic rings. The lowest BCUT2D eigenvalue weighted by Crippen LogP contribution is -2.36. The molecule has 0 aliphatic carbocycles. The number of carbonyl (C=O) groups is 1. The zero-order valence-electron chi connectivity index (χ0n) is 11.8. The zero-order valence-corrected chi connectivity index (χ0v) is 11.8. The number of aliphatic hydroxyl groups is 2. The number of fused-ring (bicyclic) bond motifs is 1. The molecule has 1 aromatic carbocycles. The summed E-state index contributed by atoms with van der Waals surface area (Å²) in [5.41, 5.74) is 1.36. The molecule has 0 saturated carbocycles. The first kappa shape index (κ1) is 15.2. The maximum Gasteiger partial charge on any atom is 0.256 e. The van der Waals surface area contributed by atoms with E-state index in [0.717, 1.165) is 0 Å². The number of pyridine rings is 1. The average molecular weight is 290 g/mol. The van der Waals surface area contributed by atoms with E-state index in [2.05, 4.69) is 4.98 Å². The van der Waals surface area contributed by atoms with Crippen molar-refractivity contribution in [2.75, 3.05) is 26.3 Å². The molecule has 3 N–H and O–H groups in total. The fourth-order valence-electron chi connectivity index (χ4n) is 2.30. The van der Waals surface area contributed by atoms with Gasteiger partial charge in [-0.1, -0.05) is 6.07 Å². The minimum atomic E-state index is -0.329. The summed E-state index contributed by atoms with van der Waals surface area (Å²) < 4.78 is 0. The number of rotatable bonds is 5. The number of aryl methyl sites for hydroxylation is 1. The largest absolute Gasteiger partial charge is 0.395 e. The Kier molecular flexibility index (Phi) is 4.72. The molecule has 2 rings (SSSR count). The maximum absolute atomic E-state index is 12.5. The van der Waals surface area contributed by atoms with Crippen molar-refractivity contribution in [3.8, 4) is 0 Å². The van der Waals surface area contributed by atoms with Crippen LogP contribution in [0.3, 0.4) is 0 Å². The van der Waals surface area contributed by atoms with Crippen LogP contribution in [0.25, 0.3) is 10.9 Å². The van der Waals surface area contributed by atoms with Gasteiger partial charge < -0.3 is 20.1 Å². The van der Waals surface area contributed by atoms with Gasteiger partial charge in [-0.2, -0.15) is 0 Å². The second-order valence-corrected chi connectivity index (χ2v) is 4.78. The molecule has 1 heterocycles. The monoisotopic (exact) mass is 290 g/mol. The Labute approximate surface area is 121 Å². The van der Waals surface area contributed by atoms with E-state index in [1.165, 1.54) is 11.0 Å². The van der Waals surface area contributed by atoms with Gasteiger partial charge in [-0.05, 0) is 19.1 Å². The number of nitrogens with zero attached hydrogens (tertiary/aromatic N) is 1. The van der Waals surface area contributed by atoms with E-state index >= 15 is 0 Å². The second-order valence-electron chi connectivity index (χ2n) is 4.78. The number of carbonyl (C=O) groups excluding carboxylic acids is 1. The fraction of sp³-hybridized carbons (Fsp3) is 0.333. The van der Waals surface area contributed by atoms with Gasteiger partial charge in [0.25, 0.3) is 5.91 Å². The third-order valence-electron chi connectivity index (χ3n) is 3.26. The van der Waals surface area contributed by atoms with E-state index in [-0.39, 0.29) is 37.6 Å². The summed E-state index contributed by atoms with van der Waals surface area (Å²) >= 11 is 0. The molecular weight excluding hydrogens is 272 g/mol. The van der Waals surface area contributed by atoms with Gasteiger partial charge >= 0.3 is 0 Å². The van der Waals surface area contributed by atoms with Crippen LogP contribution in [0.4, 0.5) is 0 Å². The normalized spacial score (nSPS) is 10.8. The first-order valence-electron chi connectivity index (χ1n) is 6.72. The highest BCUT2D eigenvalue weighted by Crippen LogP contribution is 2.16. The number of para-hydroxylation sites is 1. The van der Waals surface area contributed by atoms with Gasteiger partial charge in [-0.3, -0.25) is 9.59 Å². The molecule has 112 valence electrons. The lowest BCUT2D eigenvalue weighted by atomic mass is 10.1. The Bertz CT molecular complexity index is 702. The summed E-state index contributed by atoms with van der Waals surface area (Å²) in [4.78, 5) is 28.9. The molecule has 0 saturated heterocycles. The van der Waals surface area contributed by atoms with Crippen LogP contribution in [-0.2, 0) is 0 Å². The Morgan fingerprint density at radius 2 is 1.90 bits per heavy atom. The molecule has 0 aliphatic rings. The molecule has 0 atom stereocenters. The van der Waals surface area contributed by atoms with Gasteiger partial charge in [0.1, 0.15) is 0 Å². The number of aromatic amines is 1. The number of amides is 1. The van der Waals surface area contributed by atoms with Gasteiger partial charge in [0.15, 0.2) is 5.43 Å². The number of aliphatic hydroxyl groups excluding tert-OH is 2. The molecule has 0 spiro atoms. The summed E-state index contributed by atoms with van der Waals surface area (Å²) in [5.74, 6) is -0.329. The molecule has 0 unspecified atom stereocenters. The van der Waals surface area contributed by atoms with Gasteiger partial charge in [0.05, 0.1) is 24.3 Å². The SMILES string of the molecule is Cc1cc(=O)c2cccc(C(=O)N(CCO)CCO)c2[nH]1. The molecule has 0 fully saturated rings. The van der Waals surface area contributed by atoms with E-state index in [9.17, 15) is 9.59 Å². The van der Waals surface area contributed by atoms with E-state index < -0.39 is 0 Å². The quantitative estimate of drug-likeness (QED) is 0.736. The van der Waals surface area contributed by atoms with E-state index in [0.29, 0.717) is 22.2 Å². The molecule has 0 radical (unpaired) electrons. The van der Waals surface area contributed by atoms with Crippen LogP contribution in [0.2, 0.25) is 0 Å². The number of benzene rings is 1. The van der Waals surface area contributed by atoms with Crippen molar-refractivity contribution in [1.82, 2.24) is 9.88 Å². The van der Waals surface area contributed by atoms with Gasteiger partial charge in [-0.15, -0.1) is 0 Å². The smallest absolute Gasteiger partial charge is 0.256 e. The van der Waals surface area contributed by atoms with Crippen LogP contribution in [0.15, 0.2) is 29.1 Å². The van der Waals surface area contributed by atoms with E-state index in [1.54, 1.807) is 25.1 Å². The average Bonchev–Trinajstić information content (AvgIpc) is 2.45. The second kappa shape index (κ2) is 6.51. The summed E-state index contributed by atoms with van der Waals surface area (Å²) in [6.07, 6.45) is 0. The molecule has 21 heavy (non-hydrogen) atoms. The number of nitrogens with one attached hydrogen (secondary N) is 1. The highest BCUT2D eigenvalue weighted by Gasteiger charge is 2.18. The number of hydrogen-bond acceptors (Lipinski definition) is 4. The minimum Gasteiger partial charge on any atom is -0.395 e. The van der Waals surface area contributed by atoms with Gasteiger partial charge in [0.2, 0.25) is 0 Å². The van der Waals surface area contributed by atoms with E-state index in [4.69, 9.17) is 10.2 Å². The Morgan fingerprint density at radius 1 is 1.24 bits per heavy atom. The summed E-state index contributed by atoms with van der Waals surface area (Å²) in [7, 11) is 0. The highest BCUT2D eigenvalue weighted by molar-refractivity contribution is 6.05. The van der Waals surface area contributed by atoms with E-state index in [1.807, 2.05) is 0 Å². The van der Waals surface area contributed by atoms with Crippen molar-refractivity contribution in [1.29, 1.82) is 0 Å². The van der Waals surface area contributed by atoms with Crippen molar-refractivity contribution in [3.63, 3.8) is 0 Å². The topological polar surface area (TPSA) is 93.6 Å². The van der Waals surface area contributed by atoms with Crippen LogP contribution in [0, 0.1) is 6.92 Å². The van der Waals surface area contributed by atoms with Crippen LogP contribution in [0.5, 0.6) is 0 Å². The molecule has 0 aliphatic heterocycles. The standard InChI is InChI=1S/C15H18N2O4/c1-10-9-13(20)11-3-2-4-12(14(11)16-10)15(21)17(5-7-18)6-8-19/h2-4,9,18-19H,5-8H2,1H3,(H,16,20). The van der Waals surface area contributed by atoms with Crippen LogP contribution < -0.4 is 5.43 Å². The predicted octanol–water partition coefficient (Wildman–Crippen LogP) is 0.263.